The van der Waals surface area contributed by atoms with Crippen LogP contribution < -0.4 is 10.5 Å². The fourth-order valence-corrected chi connectivity index (χ4v) is 1.29. The van der Waals surface area contributed by atoms with Gasteiger partial charge >= 0.3 is 0 Å². The number of nitrogens with two attached hydrogens (primary N) is 1. The van der Waals surface area contributed by atoms with Crippen LogP contribution in [0.2, 0.25) is 0 Å². The minimum absolute atomic E-state index is 0.669. The molecule has 0 saturated carbocycles. The van der Waals surface area contributed by atoms with Crippen molar-refractivity contribution in [2.24, 2.45) is 0 Å². The van der Waals surface area contributed by atoms with Crippen LogP contribution in [-0.2, 0) is 6.42 Å². The molecule has 0 aliphatic rings. The van der Waals surface area contributed by atoms with E-state index in [9.17, 15) is 0 Å². The van der Waals surface area contributed by atoms with Crippen molar-refractivity contribution in [3.05, 3.63) is 23.8 Å². The molecular weight excluding hydrogens is 188 g/mol. The lowest BCUT2D eigenvalue weighted by Crippen LogP contribution is -2.19. The van der Waals surface area contributed by atoms with Crippen molar-refractivity contribution in [3.8, 4) is 5.75 Å². The number of anilines is 1. The second-order valence-corrected chi connectivity index (χ2v) is 3.88. The zero-order valence-corrected chi connectivity index (χ0v) is 9.79. The number of nitrogens with zero attached hydrogens (tertiary/aromatic N) is 1. The van der Waals surface area contributed by atoms with Crippen molar-refractivity contribution >= 4 is 5.69 Å². The van der Waals surface area contributed by atoms with Gasteiger partial charge in [-0.2, -0.15) is 0 Å². The van der Waals surface area contributed by atoms with Crippen molar-refractivity contribution < 1.29 is 4.74 Å². The molecule has 0 atom stereocenters. The van der Waals surface area contributed by atoms with Crippen LogP contribution in [0.1, 0.15) is 12.5 Å². The van der Waals surface area contributed by atoms with Crippen LogP contribution in [0.5, 0.6) is 5.75 Å². The van der Waals surface area contributed by atoms with Crippen LogP contribution in [0.4, 0.5) is 5.69 Å². The van der Waals surface area contributed by atoms with Crippen molar-refractivity contribution in [1.82, 2.24) is 4.90 Å². The molecule has 0 amide bonds. The van der Waals surface area contributed by atoms with Crippen molar-refractivity contribution in [3.63, 3.8) is 0 Å². The van der Waals surface area contributed by atoms with Crippen LogP contribution in [0.15, 0.2) is 18.2 Å². The number of ether oxygens (including phenoxy) is 1. The van der Waals surface area contributed by atoms with Gasteiger partial charge in [0, 0.05) is 6.54 Å². The van der Waals surface area contributed by atoms with E-state index in [1.807, 2.05) is 26.2 Å². The molecule has 0 radical (unpaired) electrons. The Morgan fingerprint density at radius 2 is 2.07 bits per heavy atom. The van der Waals surface area contributed by atoms with Crippen LogP contribution in [0.25, 0.3) is 0 Å². The summed E-state index contributed by atoms with van der Waals surface area (Å²) in [7, 11) is 4.04. The smallest absolute Gasteiger partial charge is 0.142 e. The predicted octanol–water partition coefficient (Wildman–Crippen LogP) is 1.77. The summed E-state index contributed by atoms with van der Waals surface area (Å²) in [6, 6.07) is 5.98. The number of nitrogen functional groups attached to an aromatic ring is 1. The lowest BCUT2D eigenvalue weighted by atomic mass is 10.1. The van der Waals surface area contributed by atoms with Gasteiger partial charge in [-0.05, 0) is 38.2 Å². The maximum atomic E-state index is 5.88. The molecule has 1 rings (SSSR count). The molecule has 0 saturated heterocycles. The summed E-state index contributed by atoms with van der Waals surface area (Å²) < 4.78 is 5.58. The molecule has 0 aliphatic carbocycles. The highest BCUT2D eigenvalue weighted by Gasteiger charge is 2.01. The first-order valence-electron chi connectivity index (χ1n) is 5.29. The van der Waals surface area contributed by atoms with Crippen LogP contribution in [0.3, 0.4) is 0 Å². The molecule has 2 N–H and O–H groups in total. The van der Waals surface area contributed by atoms with E-state index in [0.29, 0.717) is 6.61 Å². The summed E-state index contributed by atoms with van der Waals surface area (Å²) in [6.07, 6.45) is 1.00. The lowest BCUT2D eigenvalue weighted by molar-refractivity contribution is 0.262. The number of likely N-dealkylation sites (N-methyl/N-ethyl adjacent to an activating group) is 1. The Kier molecular flexibility index (Phi) is 4.43. The summed E-state index contributed by atoms with van der Waals surface area (Å²) in [5.74, 6) is 0.786. The minimum atomic E-state index is 0.669. The lowest BCUT2D eigenvalue weighted by Gasteiger charge is -2.12. The number of benzene rings is 1. The molecule has 3 heteroatoms. The molecule has 3 nitrogen and oxygen atoms in total. The Labute approximate surface area is 91.8 Å². The van der Waals surface area contributed by atoms with Gasteiger partial charge in [-0.25, -0.2) is 0 Å². The van der Waals surface area contributed by atoms with E-state index in [-0.39, 0.29) is 0 Å². The maximum absolute atomic E-state index is 5.88. The normalized spacial score (nSPS) is 10.7. The number of hydrogen-bond acceptors (Lipinski definition) is 3. The molecule has 0 fully saturated rings. The average molecular weight is 208 g/mol. The highest BCUT2D eigenvalue weighted by Crippen LogP contribution is 2.22. The highest BCUT2D eigenvalue weighted by molar-refractivity contribution is 5.54. The van der Waals surface area contributed by atoms with Gasteiger partial charge in [0.1, 0.15) is 12.4 Å². The summed E-state index contributed by atoms with van der Waals surface area (Å²) in [6.45, 7) is 3.68. The topological polar surface area (TPSA) is 38.5 Å². The summed E-state index contributed by atoms with van der Waals surface area (Å²) >= 11 is 0. The van der Waals surface area contributed by atoms with Crippen molar-refractivity contribution in [2.75, 3.05) is 33.0 Å². The second kappa shape index (κ2) is 5.61. The molecule has 0 bridgehead atoms. The molecule has 0 aliphatic heterocycles. The van der Waals surface area contributed by atoms with Gasteiger partial charge in [-0.15, -0.1) is 0 Å². The highest BCUT2D eigenvalue weighted by atomic mass is 16.5. The first-order valence-corrected chi connectivity index (χ1v) is 5.29. The molecule has 0 spiro atoms. The molecule has 15 heavy (non-hydrogen) atoms. The van der Waals surface area contributed by atoms with Crippen LogP contribution >= 0.6 is 0 Å². The maximum Gasteiger partial charge on any atom is 0.142 e. The monoisotopic (exact) mass is 208 g/mol. The summed E-state index contributed by atoms with van der Waals surface area (Å²) in [5, 5.41) is 0. The third-order valence-electron chi connectivity index (χ3n) is 2.28. The summed E-state index contributed by atoms with van der Waals surface area (Å²) in [4.78, 5) is 2.08. The third-order valence-corrected chi connectivity index (χ3v) is 2.28. The minimum Gasteiger partial charge on any atom is -0.490 e. The molecule has 0 aromatic heterocycles. The Morgan fingerprint density at radius 3 is 2.60 bits per heavy atom. The molecule has 1 aromatic carbocycles. The number of hydrogen-bond donors (Lipinski definition) is 1. The van der Waals surface area contributed by atoms with E-state index in [1.54, 1.807) is 0 Å². The van der Waals surface area contributed by atoms with Gasteiger partial charge in [-0.3, -0.25) is 0 Å². The molecule has 84 valence electrons. The Balaban J connectivity index is 2.54. The van der Waals surface area contributed by atoms with E-state index >= 15 is 0 Å². The molecule has 1 aromatic rings. The van der Waals surface area contributed by atoms with Gasteiger partial charge in [0.2, 0.25) is 0 Å². The largest absolute Gasteiger partial charge is 0.490 e. The van der Waals surface area contributed by atoms with Gasteiger partial charge < -0.3 is 15.4 Å². The number of aryl methyl sites for hydroxylation is 1. The Hall–Kier alpha value is -1.22. The quantitative estimate of drug-likeness (QED) is 0.749. The van der Waals surface area contributed by atoms with E-state index in [2.05, 4.69) is 17.9 Å². The second-order valence-electron chi connectivity index (χ2n) is 3.88. The van der Waals surface area contributed by atoms with Crippen LogP contribution in [-0.4, -0.2) is 32.1 Å². The predicted molar refractivity (Wildman–Crippen MR) is 64.3 cm³/mol. The van der Waals surface area contributed by atoms with Crippen LogP contribution in [0, 0.1) is 0 Å². The van der Waals surface area contributed by atoms with E-state index in [1.165, 1.54) is 5.56 Å². The third kappa shape index (κ3) is 3.80. The van der Waals surface area contributed by atoms with E-state index in [0.717, 1.165) is 24.4 Å². The van der Waals surface area contributed by atoms with Gasteiger partial charge in [0.25, 0.3) is 0 Å². The zero-order chi connectivity index (χ0) is 11.3. The van der Waals surface area contributed by atoms with E-state index < -0.39 is 0 Å². The fourth-order valence-electron chi connectivity index (χ4n) is 1.29. The van der Waals surface area contributed by atoms with E-state index in [4.69, 9.17) is 10.5 Å². The number of rotatable bonds is 5. The van der Waals surface area contributed by atoms with Crippen molar-refractivity contribution in [2.45, 2.75) is 13.3 Å². The van der Waals surface area contributed by atoms with Gasteiger partial charge in [-0.1, -0.05) is 13.0 Å². The summed E-state index contributed by atoms with van der Waals surface area (Å²) in [5.41, 5.74) is 7.85. The first kappa shape index (κ1) is 11.9. The van der Waals surface area contributed by atoms with Crippen molar-refractivity contribution in [1.29, 1.82) is 0 Å². The average Bonchev–Trinajstić information content (AvgIpc) is 2.20. The first-order chi connectivity index (χ1) is 7.13. The molecule has 0 heterocycles. The molecule has 0 unspecified atom stereocenters. The van der Waals surface area contributed by atoms with Gasteiger partial charge in [0.05, 0.1) is 5.69 Å². The van der Waals surface area contributed by atoms with Gasteiger partial charge in [0.15, 0.2) is 0 Å². The molecular formula is C12H20N2O. The SMILES string of the molecule is CCc1ccc(OCCN(C)C)c(N)c1. The Morgan fingerprint density at radius 1 is 1.33 bits per heavy atom. The fraction of sp³-hybridized carbons (Fsp3) is 0.500. The standard InChI is InChI=1S/C12H20N2O/c1-4-10-5-6-12(11(13)9-10)15-8-7-14(2)3/h5-6,9H,4,7-8,13H2,1-3H3. The Bertz CT molecular complexity index is 310. The zero-order valence-electron chi connectivity index (χ0n) is 9.79.